The zero-order valence-electron chi connectivity index (χ0n) is 8.95. The number of unbranched alkanes of at least 4 members (excludes halogenated alkanes) is 2. The SMILES string of the molecule is C=CCNC(=S)SC(=O)OCCCCC. The van der Waals surface area contributed by atoms with E-state index in [4.69, 9.17) is 17.0 Å². The van der Waals surface area contributed by atoms with Crippen molar-refractivity contribution in [2.24, 2.45) is 0 Å². The molecule has 0 bridgehead atoms. The fourth-order valence-electron chi connectivity index (χ4n) is 0.804. The quantitative estimate of drug-likeness (QED) is 0.338. The molecule has 0 aromatic rings. The first kappa shape index (κ1) is 14.5. The van der Waals surface area contributed by atoms with Crippen LogP contribution in [0.1, 0.15) is 26.2 Å². The Labute approximate surface area is 101 Å². The summed E-state index contributed by atoms with van der Waals surface area (Å²) in [4.78, 5) is 11.2. The van der Waals surface area contributed by atoms with Crippen LogP contribution in [0.5, 0.6) is 0 Å². The zero-order chi connectivity index (χ0) is 11.5. The van der Waals surface area contributed by atoms with Gasteiger partial charge < -0.3 is 10.1 Å². The molecular formula is C10H17NO2S2. The van der Waals surface area contributed by atoms with Crippen molar-refractivity contribution < 1.29 is 9.53 Å². The average molecular weight is 247 g/mol. The molecule has 0 aliphatic carbocycles. The van der Waals surface area contributed by atoms with Gasteiger partial charge >= 0.3 is 5.30 Å². The number of ether oxygens (including phenoxy) is 1. The monoisotopic (exact) mass is 247 g/mol. The summed E-state index contributed by atoms with van der Waals surface area (Å²) in [5.74, 6) is 0. The van der Waals surface area contributed by atoms with Crippen LogP contribution in [-0.4, -0.2) is 22.8 Å². The summed E-state index contributed by atoms with van der Waals surface area (Å²) in [5, 5.41) is 2.50. The molecule has 0 rings (SSSR count). The smallest absolute Gasteiger partial charge is 0.374 e. The van der Waals surface area contributed by atoms with Gasteiger partial charge in [0.05, 0.1) is 6.61 Å². The van der Waals surface area contributed by atoms with Gasteiger partial charge in [0.2, 0.25) is 0 Å². The molecule has 0 saturated heterocycles. The third kappa shape index (κ3) is 9.75. The molecule has 0 aromatic carbocycles. The van der Waals surface area contributed by atoms with Crippen LogP contribution < -0.4 is 5.32 Å². The minimum absolute atomic E-state index is 0.340. The van der Waals surface area contributed by atoms with Crippen LogP contribution in [0.2, 0.25) is 0 Å². The van der Waals surface area contributed by atoms with Gasteiger partial charge in [-0.15, -0.1) is 6.58 Å². The van der Waals surface area contributed by atoms with Gasteiger partial charge in [-0.3, -0.25) is 0 Å². The van der Waals surface area contributed by atoms with E-state index in [-0.39, 0.29) is 5.30 Å². The van der Waals surface area contributed by atoms with Crippen molar-refractivity contribution in [3.8, 4) is 0 Å². The number of hydrogen-bond acceptors (Lipinski definition) is 4. The van der Waals surface area contributed by atoms with Gasteiger partial charge in [-0.25, -0.2) is 4.79 Å². The van der Waals surface area contributed by atoms with Crippen molar-refractivity contribution in [1.82, 2.24) is 5.32 Å². The Morgan fingerprint density at radius 1 is 1.60 bits per heavy atom. The van der Waals surface area contributed by atoms with Crippen molar-refractivity contribution >= 4 is 33.6 Å². The molecule has 0 aliphatic rings. The van der Waals surface area contributed by atoms with E-state index in [1.54, 1.807) is 6.08 Å². The van der Waals surface area contributed by atoms with Crippen LogP contribution >= 0.6 is 24.0 Å². The zero-order valence-corrected chi connectivity index (χ0v) is 10.6. The molecule has 1 N–H and O–H groups in total. The first-order valence-corrected chi connectivity index (χ1v) is 6.16. The summed E-state index contributed by atoms with van der Waals surface area (Å²) < 4.78 is 5.39. The molecule has 3 nitrogen and oxygen atoms in total. The Balaban J connectivity index is 3.46. The highest BCUT2D eigenvalue weighted by molar-refractivity contribution is 8.32. The van der Waals surface area contributed by atoms with E-state index in [0.717, 1.165) is 31.0 Å². The minimum atomic E-state index is -0.340. The fourth-order valence-corrected chi connectivity index (χ4v) is 1.54. The Hall–Kier alpha value is -0.550. The van der Waals surface area contributed by atoms with Crippen LogP contribution in [0.4, 0.5) is 4.79 Å². The Bertz CT molecular complexity index is 219. The fraction of sp³-hybridized carbons (Fsp3) is 0.600. The van der Waals surface area contributed by atoms with E-state index >= 15 is 0 Å². The topological polar surface area (TPSA) is 38.3 Å². The second-order valence-electron chi connectivity index (χ2n) is 2.86. The van der Waals surface area contributed by atoms with Gasteiger partial charge in [0.25, 0.3) is 0 Å². The molecule has 0 aliphatic heterocycles. The molecule has 0 aromatic heterocycles. The Morgan fingerprint density at radius 2 is 2.33 bits per heavy atom. The van der Waals surface area contributed by atoms with E-state index in [9.17, 15) is 4.79 Å². The molecule has 0 unspecified atom stereocenters. The van der Waals surface area contributed by atoms with Crippen LogP contribution in [0.25, 0.3) is 0 Å². The first-order valence-electron chi connectivity index (χ1n) is 4.94. The summed E-state index contributed by atoms with van der Waals surface area (Å²) in [6.07, 6.45) is 4.79. The normalized spacial score (nSPS) is 9.40. The van der Waals surface area contributed by atoms with Gasteiger partial charge in [0.15, 0.2) is 0 Å². The lowest BCUT2D eigenvalue weighted by Crippen LogP contribution is -2.19. The van der Waals surface area contributed by atoms with E-state index in [2.05, 4.69) is 18.8 Å². The number of thiocarbonyl (C=S) groups is 1. The standard InChI is InChI=1S/C10H17NO2S2/c1-3-5-6-8-13-10(12)15-9(14)11-7-4-2/h4H,2-3,5-8H2,1H3,(H,11,14). The predicted octanol–water partition coefficient (Wildman–Crippen LogP) is 3.11. The van der Waals surface area contributed by atoms with Crippen molar-refractivity contribution in [2.75, 3.05) is 13.2 Å². The lowest BCUT2D eigenvalue weighted by Gasteiger charge is -2.05. The maximum atomic E-state index is 11.2. The molecule has 0 heterocycles. The van der Waals surface area contributed by atoms with Gasteiger partial charge in [0, 0.05) is 18.3 Å². The largest absolute Gasteiger partial charge is 0.457 e. The molecule has 0 amide bonds. The van der Waals surface area contributed by atoms with E-state index < -0.39 is 0 Å². The number of hydrogen-bond donors (Lipinski definition) is 1. The second kappa shape index (κ2) is 9.98. The average Bonchev–Trinajstić information content (AvgIpc) is 2.21. The van der Waals surface area contributed by atoms with Gasteiger partial charge in [0.1, 0.15) is 4.32 Å². The maximum absolute atomic E-state index is 11.2. The third-order valence-corrected chi connectivity index (χ3v) is 2.54. The van der Waals surface area contributed by atoms with E-state index in [0.29, 0.717) is 17.5 Å². The van der Waals surface area contributed by atoms with Crippen LogP contribution in [0.15, 0.2) is 12.7 Å². The molecule has 0 spiro atoms. The van der Waals surface area contributed by atoms with E-state index in [1.165, 1.54) is 0 Å². The minimum Gasteiger partial charge on any atom is -0.457 e. The van der Waals surface area contributed by atoms with Crippen molar-refractivity contribution in [1.29, 1.82) is 0 Å². The molecule has 0 saturated carbocycles. The number of rotatable bonds is 6. The molecule has 0 fully saturated rings. The third-order valence-electron chi connectivity index (χ3n) is 1.53. The number of thioether (sulfide) groups is 1. The number of nitrogens with one attached hydrogen (secondary N) is 1. The van der Waals surface area contributed by atoms with Crippen LogP contribution in [0.3, 0.4) is 0 Å². The molecule has 15 heavy (non-hydrogen) atoms. The van der Waals surface area contributed by atoms with Gasteiger partial charge in [-0.2, -0.15) is 0 Å². The second-order valence-corrected chi connectivity index (χ2v) is 4.48. The molecular weight excluding hydrogens is 230 g/mol. The molecule has 0 radical (unpaired) electrons. The molecule has 5 heteroatoms. The summed E-state index contributed by atoms with van der Waals surface area (Å²) in [6, 6.07) is 0. The summed E-state index contributed by atoms with van der Waals surface area (Å²) in [5.41, 5.74) is 0. The summed E-state index contributed by atoms with van der Waals surface area (Å²) in [6.45, 7) is 6.68. The highest BCUT2D eigenvalue weighted by Gasteiger charge is 2.06. The maximum Gasteiger partial charge on any atom is 0.374 e. The molecule has 86 valence electrons. The van der Waals surface area contributed by atoms with Crippen molar-refractivity contribution in [2.45, 2.75) is 26.2 Å². The van der Waals surface area contributed by atoms with Gasteiger partial charge in [-0.05, 0) is 6.42 Å². The van der Waals surface area contributed by atoms with E-state index in [1.807, 2.05) is 0 Å². The van der Waals surface area contributed by atoms with Crippen LogP contribution in [0, 0.1) is 0 Å². The van der Waals surface area contributed by atoms with Crippen molar-refractivity contribution in [3.05, 3.63) is 12.7 Å². The van der Waals surface area contributed by atoms with Crippen LogP contribution in [-0.2, 0) is 4.74 Å². The predicted molar refractivity (Wildman–Crippen MR) is 69.3 cm³/mol. The summed E-state index contributed by atoms with van der Waals surface area (Å²) in [7, 11) is 0. The lowest BCUT2D eigenvalue weighted by molar-refractivity contribution is 0.173. The Morgan fingerprint density at radius 3 is 2.93 bits per heavy atom. The first-order chi connectivity index (χ1) is 7.20. The lowest BCUT2D eigenvalue weighted by atomic mass is 10.3. The van der Waals surface area contributed by atoms with Gasteiger partial charge in [-0.1, -0.05) is 38.1 Å². The number of carbonyl (C=O) groups is 1. The number of carbonyl (C=O) groups excluding carboxylic acids is 1. The molecule has 0 atom stereocenters. The highest BCUT2D eigenvalue weighted by atomic mass is 32.2. The summed E-state index contributed by atoms with van der Waals surface area (Å²) >= 11 is 5.81. The highest BCUT2D eigenvalue weighted by Crippen LogP contribution is 2.07. The van der Waals surface area contributed by atoms with Crippen molar-refractivity contribution in [3.63, 3.8) is 0 Å². The Kier molecular flexibility index (Phi) is 9.62.